The number of hydrogen-bond acceptors (Lipinski definition) is 2. The van der Waals surface area contributed by atoms with E-state index in [0.717, 1.165) is 14.8 Å². The maximum Gasteiger partial charge on any atom is 0.159 e. The number of aromatic amines is 1. The topological polar surface area (TPSA) is 54.7 Å². The van der Waals surface area contributed by atoms with Crippen molar-refractivity contribution < 1.29 is 4.39 Å². The van der Waals surface area contributed by atoms with E-state index in [9.17, 15) is 4.39 Å². The number of hydrogen-bond donors (Lipinski definition) is 2. The Labute approximate surface area is 93.7 Å². The Kier molecular flexibility index (Phi) is 2.40. The Hall–Kier alpha value is -1.11. The first kappa shape index (κ1) is 9.45. The maximum absolute atomic E-state index is 12.7. The van der Waals surface area contributed by atoms with Crippen molar-refractivity contribution in [2.24, 2.45) is 0 Å². The first-order chi connectivity index (χ1) is 6.68. The predicted octanol–water partition coefficient (Wildman–Crippen LogP) is 2.40. The monoisotopic (exact) mass is 303 g/mol. The zero-order valence-electron chi connectivity index (χ0n) is 7.09. The molecular formula is C9H7FIN3. The molecule has 0 saturated carbocycles. The van der Waals surface area contributed by atoms with Crippen LogP contribution in [0, 0.1) is 9.39 Å². The van der Waals surface area contributed by atoms with Crippen molar-refractivity contribution in [2.75, 3.05) is 5.73 Å². The molecule has 0 aliphatic rings. The largest absolute Gasteiger partial charge is 0.381 e. The van der Waals surface area contributed by atoms with Gasteiger partial charge in [-0.05, 0) is 46.9 Å². The molecular weight excluding hydrogens is 296 g/mol. The van der Waals surface area contributed by atoms with Gasteiger partial charge in [-0.3, -0.25) is 5.10 Å². The maximum atomic E-state index is 12.7. The Bertz CT molecular complexity index is 450. The molecule has 0 bridgehead atoms. The highest BCUT2D eigenvalue weighted by Gasteiger charge is 2.09. The Morgan fingerprint density at radius 2 is 1.93 bits per heavy atom. The molecule has 14 heavy (non-hydrogen) atoms. The Balaban J connectivity index is 2.49. The van der Waals surface area contributed by atoms with E-state index in [0.29, 0.717) is 5.82 Å². The van der Waals surface area contributed by atoms with Crippen molar-refractivity contribution in [1.29, 1.82) is 0 Å². The summed E-state index contributed by atoms with van der Waals surface area (Å²) >= 11 is 2.10. The fourth-order valence-electron chi connectivity index (χ4n) is 1.15. The lowest BCUT2D eigenvalue weighted by Gasteiger charge is -1.97. The van der Waals surface area contributed by atoms with E-state index in [-0.39, 0.29) is 5.82 Å². The molecule has 1 aromatic carbocycles. The molecule has 0 unspecified atom stereocenters. The molecule has 0 radical (unpaired) electrons. The number of nitrogens with zero attached hydrogens (tertiary/aromatic N) is 1. The van der Waals surface area contributed by atoms with Gasteiger partial charge in [-0.15, -0.1) is 0 Å². The average molecular weight is 303 g/mol. The van der Waals surface area contributed by atoms with Gasteiger partial charge in [-0.1, -0.05) is 0 Å². The van der Waals surface area contributed by atoms with Crippen LogP contribution in [0.1, 0.15) is 0 Å². The third-order valence-electron chi connectivity index (χ3n) is 1.87. The van der Waals surface area contributed by atoms with Gasteiger partial charge in [0.2, 0.25) is 0 Å². The van der Waals surface area contributed by atoms with Crippen molar-refractivity contribution in [1.82, 2.24) is 10.2 Å². The van der Waals surface area contributed by atoms with Crippen molar-refractivity contribution in [3.63, 3.8) is 0 Å². The number of rotatable bonds is 1. The highest BCUT2D eigenvalue weighted by atomic mass is 127. The molecule has 0 fully saturated rings. The van der Waals surface area contributed by atoms with Crippen LogP contribution in [0.2, 0.25) is 0 Å². The zero-order chi connectivity index (χ0) is 10.1. The fourth-order valence-corrected chi connectivity index (χ4v) is 1.70. The van der Waals surface area contributed by atoms with E-state index in [1.54, 1.807) is 12.1 Å². The van der Waals surface area contributed by atoms with E-state index in [1.807, 2.05) is 0 Å². The molecule has 0 aliphatic heterocycles. The Morgan fingerprint density at radius 3 is 2.43 bits per heavy atom. The van der Waals surface area contributed by atoms with Gasteiger partial charge in [0.05, 0.1) is 9.26 Å². The molecule has 0 spiro atoms. The fraction of sp³-hybridized carbons (Fsp3) is 0. The van der Waals surface area contributed by atoms with Crippen molar-refractivity contribution in [2.45, 2.75) is 0 Å². The van der Waals surface area contributed by atoms with Gasteiger partial charge in [0, 0.05) is 5.56 Å². The third-order valence-corrected chi connectivity index (χ3v) is 2.96. The number of benzene rings is 1. The van der Waals surface area contributed by atoms with Crippen LogP contribution in [0.3, 0.4) is 0 Å². The van der Waals surface area contributed by atoms with Gasteiger partial charge >= 0.3 is 0 Å². The van der Waals surface area contributed by atoms with Gasteiger partial charge in [0.1, 0.15) is 5.82 Å². The molecule has 2 rings (SSSR count). The van der Waals surface area contributed by atoms with Crippen LogP contribution in [-0.4, -0.2) is 10.2 Å². The van der Waals surface area contributed by atoms with Crippen LogP contribution in [0.25, 0.3) is 11.3 Å². The van der Waals surface area contributed by atoms with Crippen molar-refractivity contribution in [3.8, 4) is 11.3 Å². The van der Waals surface area contributed by atoms with Crippen LogP contribution in [0.4, 0.5) is 10.2 Å². The SMILES string of the molecule is Nc1n[nH]c(-c2ccc(F)cc2)c1I. The normalized spacial score (nSPS) is 10.4. The summed E-state index contributed by atoms with van der Waals surface area (Å²) < 4.78 is 13.5. The number of nitrogen functional groups attached to an aromatic ring is 1. The lowest BCUT2D eigenvalue weighted by molar-refractivity contribution is 0.628. The molecule has 3 nitrogen and oxygen atoms in total. The molecule has 2 aromatic rings. The summed E-state index contributed by atoms with van der Waals surface area (Å²) in [5, 5.41) is 6.67. The second-order valence-corrected chi connectivity index (χ2v) is 3.88. The van der Waals surface area contributed by atoms with Gasteiger partial charge in [0.25, 0.3) is 0 Å². The summed E-state index contributed by atoms with van der Waals surface area (Å²) in [5.41, 5.74) is 7.28. The van der Waals surface area contributed by atoms with E-state index < -0.39 is 0 Å². The zero-order valence-corrected chi connectivity index (χ0v) is 9.25. The highest BCUT2D eigenvalue weighted by molar-refractivity contribution is 14.1. The van der Waals surface area contributed by atoms with Crippen LogP contribution < -0.4 is 5.73 Å². The van der Waals surface area contributed by atoms with E-state index in [1.165, 1.54) is 12.1 Å². The van der Waals surface area contributed by atoms with E-state index in [4.69, 9.17) is 5.73 Å². The molecule has 1 heterocycles. The number of halogens is 2. The number of anilines is 1. The summed E-state index contributed by atoms with van der Waals surface area (Å²) in [6.07, 6.45) is 0. The van der Waals surface area contributed by atoms with Crippen molar-refractivity contribution >= 4 is 28.4 Å². The molecule has 5 heteroatoms. The first-order valence-electron chi connectivity index (χ1n) is 3.94. The van der Waals surface area contributed by atoms with Gasteiger partial charge in [0.15, 0.2) is 5.82 Å². The molecule has 0 aliphatic carbocycles. The van der Waals surface area contributed by atoms with E-state index >= 15 is 0 Å². The van der Waals surface area contributed by atoms with Gasteiger partial charge in [-0.2, -0.15) is 5.10 Å². The summed E-state index contributed by atoms with van der Waals surface area (Å²) in [5.74, 6) is 0.209. The number of aromatic nitrogens is 2. The lowest BCUT2D eigenvalue weighted by Crippen LogP contribution is -1.86. The second kappa shape index (κ2) is 3.56. The van der Waals surface area contributed by atoms with Crippen LogP contribution >= 0.6 is 22.6 Å². The Morgan fingerprint density at radius 1 is 1.29 bits per heavy atom. The minimum absolute atomic E-state index is 0.253. The van der Waals surface area contributed by atoms with Gasteiger partial charge in [-0.25, -0.2) is 4.39 Å². The molecule has 72 valence electrons. The summed E-state index contributed by atoms with van der Waals surface area (Å²) in [6, 6.07) is 6.18. The number of nitrogens with two attached hydrogens (primary N) is 1. The average Bonchev–Trinajstić information content (AvgIpc) is 2.50. The lowest BCUT2D eigenvalue weighted by atomic mass is 10.1. The molecule has 0 atom stereocenters. The minimum atomic E-state index is -0.253. The third kappa shape index (κ3) is 1.59. The molecule has 3 N–H and O–H groups in total. The quantitative estimate of drug-likeness (QED) is 0.795. The number of nitrogens with one attached hydrogen (secondary N) is 1. The van der Waals surface area contributed by atoms with Gasteiger partial charge < -0.3 is 5.73 Å². The molecule has 0 amide bonds. The smallest absolute Gasteiger partial charge is 0.159 e. The second-order valence-electron chi connectivity index (χ2n) is 2.80. The minimum Gasteiger partial charge on any atom is -0.381 e. The standard InChI is InChI=1S/C9H7FIN3/c10-6-3-1-5(2-4-6)8-7(11)9(12)14-13-8/h1-4H,(H3,12,13,14). The summed E-state index contributed by atoms with van der Waals surface area (Å²) in [7, 11) is 0. The van der Waals surface area contributed by atoms with Crippen LogP contribution in [-0.2, 0) is 0 Å². The molecule has 0 saturated heterocycles. The molecule has 1 aromatic heterocycles. The summed E-state index contributed by atoms with van der Waals surface area (Å²) in [6.45, 7) is 0. The number of H-pyrrole nitrogens is 1. The van der Waals surface area contributed by atoms with E-state index in [2.05, 4.69) is 32.8 Å². The van der Waals surface area contributed by atoms with Crippen LogP contribution in [0.15, 0.2) is 24.3 Å². The van der Waals surface area contributed by atoms with Crippen LogP contribution in [0.5, 0.6) is 0 Å². The first-order valence-corrected chi connectivity index (χ1v) is 5.01. The predicted molar refractivity (Wildman–Crippen MR) is 61.1 cm³/mol. The highest BCUT2D eigenvalue weighted by Crippen LogP contribution is 2.26. The van der Waals surface area contributed by atoms with Crippen molar-refractivity contribution in [3.05, 3.63) is 33.7 Å². The summed E-state index contributed by atoms with van der Waals surface area (Å²) in [4.78, 5) is 0.